The molecule has 0 saturated carbocycles. The molecule has 0 fully saturated rings. The van der Waals surface area contributed by atoms with Gasteiger partial charge >= 0.3 is 19.8 Å². The highest BCUT2D eigenvalue weighted by molar-refractivity contribution is 7.47. The molecular weight excluding hydrogens is 575 g/mol. The number of hydrogen-bond acceptors (Lipinski definition) is 9. The lowest BCUT2D eigenvalue weighted by atomic mass is 10.0. The average molecular weight is 639 g/mol. The SMILES string of the molecule is CCCCCCCCCCCCCCCC(=O)OC(CO)COP(=O)(O)OCC(CO)OC(=O)CCCCCCCCC. The van der Waals surface area contributed by atoms with Crippen LogP contribution in [0.3, 0.4) is 0 Å². The minimum Gasteiger partial charge on any atom is -0.457 e. The third kappa shape index (κ3) is 28.2. The molecule has 0 aliphatic carbocycles. The maximum atomic E-state index is 12.2. The highest BCUT2D eigenvalue weighted by Gasteiger charge is 2.27. The molecule has 0 aliphatic rings. The van der Waals surface area contributed by atoms with E-state index in [9.17, 15) is 29.3 Å². The van der Waals surface area contributed by atoms with Gasteiger partial charge in [0.25, 0.3) is 0 Å². The second kappa shape index (κ2) is 29.7. The molecular formula is C32H63O10P. The molecule has 0 rings (SSSR count). The molecule has 10 nitrogen and oxygen atoms in total. The van der Waals surface area contributed by atoms with Crippen LogP contribution in [0, 0.1) is 0 Å². The number of ether oxygens (including phenoxy) is 2. The Morgan fingerprint density at radius 1 is 0.535 bits per heavy atom. The number of rotatable bonds is 32. The molecule has 0 aliphatic heterocycles. The predicted molar refractivity (Wildman–Crippen MR) is 169 cm³/mol. The number of esters is 2. The third-order valence-corrected chi connectivity index (χ3v) is 8.27. The van der Waals surface area contributed by atoms with Gasteiger partial charge in [-0.2, -0.15) is 0 Å². The van der Waals surface area contributed by atoms with Gasteiger partial charge in [-0.3, -0.25) is 18.6 Å². The van der Waals surface area contributed by atoms with Gasteiger partial charge in [-0.1, -0.05) is 129 Å². The van der Waals surface area contributed by atoms with Crippen molar-refractivity contribution in [3.8, 4) is 0 Å². The fraction of sp³-hybridized carbons (Fsp3) is 0.938. The summed E-state index contributed by atoms with van der Waals surface area (Å²) >= 11 is 0. The van der Waals surface area contributed by atoms with Gasteiger partial charge in [-0.25, -0.2) is 4.57 Å². The van der Waals surface area contributed by atoms with E-state index >= 15 is 0 Å². The van der Waals surface area contributed by atoms with Crippen LogP contribution in [-0.4, -0.2) is 65.7 Å². The Bertz CT molecular complexity index is 706. The van der Waals surface area contributed by atoms with E-state index in [2.05, 4.69) is 13.8 Å². The molecule has 0 spiro atoms. The zero-order chi connectivity index (χ0) is 32.0. The van der Waals surface area contributed by atoms with Gasteiger partial charge in [0.2, 0.25) is 0 Å². The van der Waals surface area contributed by atoms with Gasteiger partial charge in [0.15, 0.2) is 0 Å². The van der Waals surface area contributed by atoms with E-state index in [4.69, 9.17) is 18.5 Å². The van der Waals surface area contributed by atoms with Crippen LogP contribution in [-0.2, 0) is 32.7 Å². The van der Waals surface area contributed by atoms with Crippen LogP contribution in [0.15, 0.2) is 0 Å². The second-order valence-corrected chi connectivity index (χ2v) is 13.0. The van der Waals surface area contributed by atoms with E-state index in [1.165, 1.54) is 77.0 Å². The lowest BCUT2D eigenvalue weighted by molar-refractivity contribution is -0.153. The lowest BCUT2D eigenvalue weighted by Crippen LogP contribution is -2.28. The minimum absolute atomic E-state index is 0.195. The molecule has 0 aromatic carbocycles. The van der Waals surface area contributed by atoms with Crippen LogP contribution in [0.25, 0.3) is 0 Å². The van der Waals surface area contributed by atoms with Crippen LogP contribution < -0.4 is 0 Å². The van der Waals surface area contributed by atoms with Gasteiger partial charge in [-0.05, 0) is 12.8 Å². The van der Waals surface area contributed by atoms with Crippen molar-refractivity contribution in [3.63, 3.8) is 0 Å². The molecule has 3 atom stereocenters. The zero-order valence-corrected chi connectivity index (χ0v) is 28.1. The maximum Gasteiger partial charge on any atom is 0.472 e. The van der Waals surface area contributed by atoms with E-state index < -0.39 is 58.4 Å². The molecule has 0 bridgehead atoms. The first-order valence-corrected chi connectivity index (χ1v) is 18.5. The molecule has 3 unspecified atom stereocenters. The first kappa shape index (κ1) is 42.0. The summed E-state index contributed by atoms with van der Waals surface area (Å²) in [7, 11) is -4.61. The number of unbranched alkanes of at least 4 members (excludes halogenated alkanes) is 18. The first-order valence-electron chi connectivity index (χ1n) is 17.0. The minimum atomic E-state index is -4.61. The van der Waals surface area contributed by atoms with Crippen LogP contribution in [0.1, 0.15) is 155 Å². The summed E-state index contributed by atoms with van der Waals surface area (Å²) in [6.07, 6.45) is 21.1. The summed E-state index contributed by atoms with van der Waals surface area (Å²) in [4.78, 5) is 34.1. The van der Waals surface area contributed by atoms with Crippen molar-refractivity contribution in [2.75, 3.05) is 26.4 Å². The van der Waals surface area contributed by atoms with Crippen molar-refractivity contribution in [2.45, 2.75) is 167 Å². The monoisotopic (exact) mass is 638 g/mol. The molecule has 0 amide bonds. The second-order valence-electron chi connectivity index (χ2n) is 11.5. The number of carbonyl (C=O) groups is 2. The largest absolute Gasteiger partial charge is 0.472 e. The van der Waals surface area contributed by atoms with Crippen LogP contribution >= 0.6 is 7.82 Å². The smallest absolute Gasteiger partial charge is 0.457 e. The number of carbonyl (C=O) groups excluding carboxylic acids is 2. The van der Waals surface area contributed by atoms with E-state index in [0.717, 1.165) is 38.5 Å². The van der Waals surface area contributed by atoms with Gasteiger partial charge in [-0.15, -0.1) is 0 Å². The van der Waals surface area contributed by atoms with E-state index in [-0.39, 0.29) is 12.8 Å². The quantitative estimate of drug-likeness (QED) is 0.0383. The summed E-state index contributed by atoms with van der Waals surface area (Å²) in [5.74, 6) is -1.02. The molecule has 0 aromatic rings. The van der Waals surface area contributed by atoms with Crippen molar-refractivity contribution < 1.29 is 47.8 Å². The molecule has 256 valence electrons. The van der Waals surface area contributed by atoms with E-state index in [1.807, 2.05) is 0 Å². The standard InChI is InChI=1S/C32H63O10P/c1-3-5-7-9-11-12-13-14-15-16-18-20-22-24-32(36)42-30(26-34)28-40-43(37,38)39-27-29(25-33)41-31(35)23-21-19-17-10-8-6-4-2/h29-30,33-34H,3-28H2,1-2H3,(H,37,38). The summed E-state index contributed by atoms with van der Waals surface area (Å²) < 4.78 is 32.2. The maximum absolute atomic E-state index is 12.2. The first-order chi connectivity index (χ1) is 20.8. The fourth-order valence-electron chi connectivity index (χ4n) is 4.64. The number of aliphatic hydroxyl groups excluding tert-OH is 2. The van der Waals surface area contributed by atoms with Crippen molar-refractivity contribution in [1.82, 2.24) is 0 Å². The highest BCUT2D eigenvalue weighted by atomic mass is 31.2. The van der Waals surface area contributed by atoms with Crippen LogP contribution in [0.5, 0.6) is 0 Å². The van der Waals surface area contributed by atoms with Gasteiger partial charge < -0.3 is 24.6 Å². The predicted octanol–water partition coefficient (Wildman–Crippen LogP) is 7.55. The van der Waals surface area contributed by atoms with Crippen molar-refractivity contribution in [1.29, 1.82) is 0 Å². The Kier molecular flexibility index (Phi) is 29.0. The molecule has 43 heavy (non-hydrogen) atoms. The third-order valence-electron chi connectivity index (χ3n) is 7.32. The normalized spacial score (nSPS) is 14.3. The number of phosphoric ester groups is 1. The lowest BCUT2D eigenvalue weighted by Gasteiger charge is -2.20. The Morgan fingerprint density at radius 2 is 0.814 bits per heavy atom. The summed E-state index contributed by atoms with van der Waals surface area (Å²) in [5.41, 5.74) is 0. The highest BCUT2D eigenvalue weighted by Crippen LogP contribution is 2.43. The number of aliphatic hydroxyl groups is 2. The molecule has 3 N–H and O–H groups in total. The topological polar surface area (TPSA) is 149 Å². The van der Waals surface area contributed by atoms with Gasteiger partial charge in [0.05, 0.1) is 26.4 Å². The number of hydrogen-bond donors (Lipinski definition) is 3. The Hall–Kier alpha value is -1.03. The molecule has 0 heterocycles. The molecule has 11 heteroatoms. The Balaban J connectivity index is 4.00. The molecule has 0 saturated heterocycles. The van der Waals surface area contributed by atoms with Crippen molar-refractivity contribution in [2.24, 2.45) is 0 Å². The van der Waals surface area contributed by atoms with Crippen LogP contribution in [0.4, 0.5) is 0 Å². The van der Waals surface area contributed by atoms with Crippen LogP contribution in [0.2, 0.25) is 0 Å². The zero-order valence-electron chi connectivity index (χ0n) is 27.2. The molecule has 0 aromatic heterocycles. The Morgan fingerprint density at radius 3 is 1.09 bits per heavy atom. The average Bonchev–Trinajstić information content (AvgIpc) is 2.99. The van der Waals surface area contributed by atoms with E-state index in [0.29, 0.717) is 12.8 Å². The summed E-state index contributed by atoms with van der Waals surface area (Å²) in [6, 6.07) is 0. The van der Waals surface area contributed by atoms with Gasteiger partial charge in [0, 0.05) is 12.8 Å². The fourth-order valence-corrected chi connectivity index (χ4v) is 5.43. The van der Waals surface area contributed by atoms with Crippen molar-refractivity contribution in [3.05, 3.63) is 0 Å². The summed E-state index contributed by atoms with van der Waals surface area (Å²) in [6.45, 7) is 2.13. The molecule has 0 radical (unpaired) electrons. The van der Waals surface area contributed by atoms with E-state index in [1.54, 1.807) is 0 Å². The number of phosphoric acid groups is 1. The summed E-state index contributed by atoms with van der Waals surface area (Å²) in [5, 5.41) is 18.9. The Labute approximate surface area is 261 Å². The van der Waals surface area contributed by atoms with Gasteiger partial charge in [0.1, 0.15) is 12.2 Å². The van der Waals surface area contributed by atoms with Crippen molar-refractivity contribution >= 4 is 19.8 Å².